The van der Waals surface area contributed by atoms with Crippen molar-refractivity contribution in [1.82, 2.24) is 0 Å². The number of benzene rings is 1. The first kappa shape index (κ1) is 14.6. The Balaban J connectivity index is 2.40. The Bertz CT molecular complexity index is 517. The lowest BCUT2D eigenvalue weighted by Crippen LogP contribution is -2.34. The number of nitro benzene ring substituents is 1. The van der Waals surface area contributed by atoms with Gasteiger partial charge >= 0.3 is 6.18 Å². The Morgan fingerprint density at radius 1 is 1.40 bits per heavy atom. The van der Waals surface area contributed by atoms with E-state index in [0.717, 1.165) is 18.9 Å². The molecule has 0 saturated carbocycles. The van der Waals surface area contributed by atoms with Crippen LogP contribution in [0.1, 0.15) is 25.3 Å². The highest BCUT2D eigenvalue weighted by atomic mass is 19.4. The fourth-order valence-electron chi connectivity index (χ4n) is 2.52. The number of piperidine rings is 1. The van der Waals surface area contributed by atoms with Gasteiger partial charge in [0.15, 0.2) is 0 Å². The van der Waals surface area contributed by atoms with E-state index in [1.807, 2.05) is 6.92 Å². The minimum Gasteiger partial charge on any atom is -0.366 e. The summed E-state index contributed by atoms with van der Waals surface area (Å²) < 4.78 is 37.9. The zero-order chi connectivity index (χ0) is 14.9. The molecule has 0 aliphatic carbocycles. The molecule has 0 radical (unpaired) electrons. The molecule has 1 heterocycles. The number of nitro groups is 1. The predicted octanol–water partition coefficient (Wildman–Crippen LogP) is 3.85. The summed E-state index contributed by atoms with van der Waals surface area (Å²) >= 11 is 0. The first-order valence-corrected chi connectivity index (χ1v) is 6.39. The first-order valence-electron chi connectivity index (χ1n) is 6.39. The average molecular weight is 288 g/mol. The van der Waals surface area contributed by atoms with Crippen LogP contribution >= 0.6 is 0 Å². The Morgan fingerprint density at radius 2 is 2.10 bits per heavy atom. The van der Waals surface area contributed by atoms with Gasteiger partial charge in [-0.15, -0.1) is 0 Å². The van der Waals surface area contributed by atoms with Crippen molar-refractivity contribution in [2.24, 2.45) is 5.92 Å². The second-order valence-corrected chi connectivity index (χ2v) is 5.15. The molecule has 1 atom stereocenters. The number of hydrogen-bond donors (Lipinski definition) is 0. The third-order valence-corrected chi connectivity index (χ3v) is 3.50. The van der Waals surface area contributed by atoms with Gasteiger partial charge in [0.2, 0.25) is 0 Å². The van der Waals surface area contributed by atoms with Gasteiger partial charge in [0.25, 0.3) is 5.69 Å². The van der Waals surface area contributed by atoms with E-state index in [9.17, 15) is 23.3 Å². The number of rotatable bonds is 2. The number of anilines is 1. The van der Waals surface area contributed by atoms with Crippen LogP contribution in [0.15, 0.2) is 18.2 Å². The van der Waals surface area contributed by atoms with E-state index in [-0.39, 0.29) is 5.69 Å². The number of alkyl halides is 3. The molecule has 0 amide bonds. The van der Waals surface area contributed by atoms with Gasteiger partial charge in [0.1, 0.15) is 5.69 Å². The maximum atomic E-state index is 12.6. The van der Waals surface area contributed by atoms with Gasteiger partial charge in [0, 0.05) is 19.2 Å². The van der Waals surface area contributed by atoms with Gasteiger partial charge in [0.05, 0.1) is 10.5 Å². The maximum Gasteiger partial charge on any atom is 0.416 e. The molecule has 0 aromatic heterocycles. The molecule has 4 nitrogen and oxygen atoms in total. The average Bonchev–Trinajstić information content (AvgIpc) is 2.37. The molecule has 1 aliphatic rings. The van der Waals surface area contributed by atoms with Crippen molar-refractivity contribution in [3.05, 3.63) is 33.9 Å². The van der Waals surface area contributed by atoms with Gasteiger partial charge in [-0.1, -0.05) is 6.92 Å². The molecule has 1 fully saturated rings. The van der Waals surface area contributed by atoms with Crippen LogP contribution in [0.2, 0.25) is 0 Å². The monoisotopic (exact) mass is 288 g/mol. The number of hydrogen-bond acceptors (Lipinski definition) is 3. The molecule has 1 saturated heterocycles. The van der Waals surface area contributed by atoms with Crippen LogP contribution in [-0.2, 0) is 6.18 Å². The fourth-order valence-corrected chi connectivity index (χ4v) is 2.52. The highest BCUT2D eigenvalue weighted by molar-refractivity contribution is 5.64. The normalized spacial score (nSPS) is 20.0. The van der Waals surface area contributed by atoms with Crippen LogP contribution in [0.5, 0.6) is 0 Å². The predicted molar refractivity (Wildman–Crippen MR) is 68.7 cm³/mol. The van der Waals surface area contributed by atoms with Crippen molar-refractivity contribution in [2.45, 2.75) is 25.9 Å². The van der Waals surface area contributed by atoms with Crippen molar-refractivity contribution in [3.63, 3.8) is 0 Å². The van der Waals surface area contributed by atoms with Gasteiger partial charge in [-0.05, 0) is 30.9 Å². The van der Waals surface area contributed by atoms with Crippen LogP contribution in [-0.4, -0.2) is 18.0 Å². The molecule has 1 aliphatic heterocycles. The minimum atomic E-state index is -4.57. The SMILES string of the molecule is C[C@H]1CCCN(c2ccc(C(F)(F)F)cc2[N+](=O)[O-])C1. The summed E-state index contributed by atoms with van der Waals surface area (Å²) in [6.07, 6.45) is -2.65. The lowest BCUT2D eigenvalue weighted by Gasteiger charge is -2.32. The topological polar surface area (TPSA) is 46.4 Å². The fraction of sp³-hybridized carbons (Fsp3) is 0.538. The van der Waals surface area contributed by atoms with Gasteiger partial charge in [-0.25, -0.2) is 0 Å². The van der Waals surface area contributed by atoms with E-state index >= 15 is 0 Å². The second kappa shape index (κ2) is 5.30. The molecule has 20 heavy (non-hydrogen) atoms. The Morgan fingerprint density at radius 3 is 2.65 bits per heavy atom. The summed E-state index contributed by atoms with van der Waals surface area (Å²) in [5.74, 6) is 0.380. The van der Waals surface area contributed by atoms with E-state index in [4.69, 9.17) is 0 Å². The zero-order valence-corrected chi connectivity index (χ0v) is 11.0. The van der Waals surface area contributed by atoms with E-state index in [0.29, 0.717) is 25.1 Å². The highest BCUT2D eigenvalue weighted by Crippen LogP contribution is 2.37. The van der Waals surface area contributed by atoms with Gasteiger partial charge in [-0.2, -0.15) is 13.2 Å². The summed E-state index contributed by atoms with van der Waals surface area (Å²) in [6, 6.07) is 2.73. The van der Waals surface area contributed by atoms with Crippen molar-refractivity contribution >= 4 is 11.4 Å². The van der Waals surface area contributed by atoms with E-state index in [1.165, 1.54) is 6.07 Å². The smallest absolute Gasteiger partial charge is 0.366 e. The molecule has 110 valence electrons. The van der Waals surface area contributed by atoms with Crippen LogP contribution in [0.3, 0.4) is 0 Å². The van der Waals surface area contributed by atoms with Crippen LogP contribution < -0.4 is 4.90 Å². The van der Waals surface area contributed by atoms with Crippen LogP contribution in [0.25, 0.3) is 0 Å². The van der Waals surface area contributed by atoms with Gasteiger partial charge in [-0.3, -0.25) is 10.1 Å². The van der Waals surface area contributed by atoms with Gasteiger partial charge < -0.3 is 4.90 Å². The summed E-state index contributed by atoms with van der Waals surface area (Å²) in [5, 5.41) is 11.0. The molecular weight excluding hydrogens is 273 g/mol. The quantitative estimate of drug-likeness (QED) is 0.613. The number of nitrogens with zero attached hydrogens (tertiary/aromatic N) is 2. The molecular formula is C13H15F3N2O2. The summed E-state index contributed by atoms with van der Waals surface area (Å²) in [6.45, 7) is 3.30. The summed E-state index contributed by atoms with van der Waals surface area (Å²) in [5.41, 5.74) is -1.19. The summed E-state index contributed by atoms with van der Waals surface area (Å²) in [7, 11) is 0. The summed E-state index contributed by atoms with van der Waals surface area (Å²) in [4.78, 5) is 12.1. The lowest BCUT2D eigenvalue weighted by atomic mass is 9.99. The molecule has 1 aromatic carbocycles. The van der Waals surface area contributed by atoms with Crippen molar-refractivity contribution in [2.75, 3.05) is 18.0 Å². The molecule has 1 aromatic rings. The Kier molecular flexibility index (Phi) is 3.87. The third kappa shape index (κ3) is 3.02. The number of halogens is 3. The molecule has 0 bridgehead atoms. The van der Waals surface area contributed by atoms with Crippen molar-refractivity contribution < 1.29 is 18.1 Å². The van der Waals surface area contributed by atoms with Crippen LogP contribution in [0.4, 0.5) is 24.5 Å². The lowest BCUT2D eigenvalue weighted by molar-refractivity contribution is -0.384. The van der Waals surface area contributed by atoms with E-state index in [2.05, 4.69) is 0 Å². The molecule has 0 unspecified atom stereocenters. The molecule has 0 spiro atoms. The molecule has 7 heteroatoms. The van der Waals surface area contributed by atoms with Crippen molar-refractivity contribution in [1.29, 1.82) is 0 Å². The molecule has 0 N–H and O–H groups in total. The Hall–Kier alpha value is -1.79. The zero-order valence-electron chi connectivity index (χ0n) is 11.0. The minimum absolute atomic E-state index is 0.273. The Labute approximate surface area is 114 Å². The molecule has 2 rings (SSSR count). The van der Waals surface area contributed by atoms with Crippen molar-refractivity contribution in [3.8, 4) is 0 Å². The largest absolute Gasteiger partial charge is 0.416 e. The first-order chi connectivity index (χ1) is 9.29. The second-order valence-electron chi connectivity index (χ2n) is 5.15. The third-order valence-electron chi connectivity index (χ3n) is 3.50. The maximum absolute atomic E-state index is 12.6. The van der Waals surface area contributed by atoms with E-state index < -0.39 is 22.4 Å². The van der Waals surface area contributed by atoms with E-state index in [1.54, 1.807) is 4.90 Å². The highest BCUT2D eigenvalue weighted by Gasteiger charge is 2.34. The van der Waals surface area contributed by atoms with Crippen LogP contribution in [0, 0.1) is 16.0 Å². The standard InChI is InChI=1S/C13H15F3N2O2/c1-9-3-2-6-17(8-9)11-5-4-10(13(14,15)16)7-12(11)18(19)20/h4-5,7,9H,2-3,6,8H2,1H3/t9-/m0/s1.